The van der Waals surface area contributed by atoms with Gasteiger partial charge in [-0.25, -0.2) is 0 Å². The monoisotopic (exact) mass is 410 g/mol. The van der Waals surface area contributed by atoms with E-state index in [-0.39, 0.29) is 12.8 Å². The van der Waals surface area contributed by atoms with E-state index in [1.165, 1.54) is 57.8 Å². The van der Waals surface area contributed by atoms with Gasteiger partial charge < -0.3 is 14.3 Å². The quantitative estimate of drug-likeness (QED) is 0.154. The molecule has 7 heteroatoms. The van der Waals surface area contributed by atoms with Crippen molar-refractivity contribution in [1.29, 1.82) is 0 Å². The number of rotatable bonds is 18. The van der Waals surface area contributed by atoms with E-state index >= 15 is 0 Å². The molecule has 0 saturated heterocycles. The van der Waals surface area contributed by atoms with E-state index in [2.05, 4.69) is 6.92 Å². The molecule has 0 saturated carbocycles. The highest BCUT2D eigenvalue weighted by Crippen LogP contribution is 2.16. The lowest BCUT2D eigenvalue weighted by atomic mass is 10.1. The van der Waals surface area contributed by atoms with Crippen molar-refractivity contribution in [3.63, 3.8) is 0 Å². The van der Waals surface area contributed by atoms with Crippen LogP contribution in [0.25, 0.3) is 0 Å². The molecule has 0 aromatic heterocycles. The number of ether oxygens (including phenoxy) is 1. The number of hydrogen-bond donors (Lipinski definition) is 2. The molecule has 0 heterocycles. The molecule has 0 fully saturated rings. The molecule has 0 spiro atoms. The summed E-state index contributed by atoms with van der Waals surface area (Å²) in [7, 11) is -0.335. The first kappa shape index (κ1) is 26.8. The van der Waals surface area contributed by atoms with Gasteiger partial charge >= 0.3 is 0 Å². The predicted molar refractivity (Wildman–Crippen MR) is 111 cm³/mol. The number of quaternary nitrogens is 1. The van der Waals surface area contributed by atoms with Gasteiger partial charge in [0.2, 0.25) is 0 Å². The molecule has 0 amide bonds. The SMILES string of the molecule is CCCCCCCCCCCCOC(CC)[N+](C)(C)CC(O)CS(=O)(=O)O. The maximum atomic E-state index is 10.9. The van der Waals surface area contributed by atoms with E-state index < -0.39 is 22.0 Å². The molecular formula is C20H44NO5S+. The summed E-state index contributed by atoms with van der Waals surface area (Å²) in [5, 5.41) is 9.91. The Morgan fingerprint density at radius 2 is 1.37 bits per heavy atom. The molecule has 0 aromatic rings. The van der Waals surface area contributed by atoms with Gasteiger partial charge in [0.1, 0.15) is 18.4 Å². The van der Waals surface area contributed by atoms with Crippen molar-refractivity contribution in [2.45, 2.75) is 96.8 Å². The predicted octanol–water partition coefficient (Wildman–Crippen LogP) is 3.99. The second kappa shape index (κ2) is 14.7. The molecule has 0 aromatic carbocycles. The Morgan fingerprint density at radius 1 is 0.889 bits per heavy atom. The van der Waals surface area contributed by atoms with Gasteiger partial charge in [0.05, 0.1) is 20.7 Å². The van der Waals surface area contributed by atoms with Gasteiger partial charge in [-0.2, -0.15) is 8.42 Å². The third-order valence-corrected chi connectivity index (χ3v) is 5.83. The van der Waals surface area contributed by atoms with Gasteiger partial charge in [-0.1, -0.05) is 71.6 Å². The van der Waals surface area contributed by atoms with E-state index in [0.29, 0.717) is 11.1 Å². The smallest absolute Gasteiger partial charge is 0.267 e. The Bertz CT molecular complexity index is 453. The fraction of sp³-hybridized carbons (Fsp3) is 1.00. The van der Waals surface area contributed by atoms with Crippen LogP contribution in [0.5, 0.6) is 0 Å². The average molecular weight is 411 g/mol. The van der Waals surface area contributed by atoms with Crippen LogP contribution < -0.4 is 0 Å². The van der Waals surface area contributed by atoms with Gasteiger partial charge in [-0.05, 0) is 6.42 Å². The molecule has 0 aliphatic rings. The van der Waals surface area contributed by atoms with Crippen LogP contribution in [-0.2, 0) is 14.9 Å². The van der Waals surface area contributed by atoms with Crippen molar-refractivity contribution in [3.05, 3.63) is 0 Å². The van der Waals surface area contributed by atoms with Crippen LogP contribution in [0.2, 0.25) is 0 Å². The largest absolute Gasteiger partial charge is 0.386 e. The highest BCUT2D eigenvalue weighted by molar-refractivity contribution is 7.85. The third kappa shape index (κ3) is 15.4. The van der Waals surface area contributed by atoms with Crippen molar-refractivity contribution in [2.24, 2.45) is 0 Å². The van der Waals surface area contributed by atoms with Crippen molar-refractivity contribution < 1.29 is 27.3 Å². The maximum Gasteiger partial charge on any atom is 0.267 e. The van der Waals surface area contributed by atoms with Crippen LogP contribution in [0.1, 0.15) is 84.5 Å². The van der Waals surface area contributed by atoms with Gasteiger partial charge in [-0.3, -0.25) is 4.55 Å². The molecule has 27 heavy (non-hydrogen) atoms. The molecule has 6 nitrogen and oxygen atoms in total. The molecule has 2 unspecified atom stereocenters. The summed E-state index contributed by atoms with van der Waals surface area (Å²) in [6.45, 7) is 5.17. The summed E-state index contributed by atoms with van der Waals surface area (Å²) >= 11 is 0. The Balaban J connectivity index is 3.92. The summed E-state index contributed by atoms with van der Waals surface area (Å²) in [6.07, 6.45) is 12.4. The van der Waals surface area contributed by atoms with Crippen LogP contribution in [0.4, 0.5) is 0 Å². The molecule has 164 valence electrons. The number of nitrogens with zero attached hydrogens (tertiary/aromatic N) is 1. The minimum atomic E-state index is -4.17. The van der Waals surface area contributed by atoms with E-state index in [1.54, 1.807) is 0 Å². The van der Waals surface area contributed by atoms with Crippen molar-refractivity contribution in [3.8, 4) is 0 Å². The first-order valence-corrected chi connectivity index (χ1v) is 12.3. The lowest BCUT2D eigenvalue weighted by Gasteiger charge is -2.38. The molecule has 2 N–H and O–H groups in total. The first-order valence-electron chi connectivity index (χ1n) is 10.7. The van der Waals surface area contributed by atoms with Crippen LogP contribution in [0, 0.1) is 0 Å². The second-order valence-electron chi connectivity index (χ2n) is 8.28. The van der Waals surface area contributed by atoms with E-state index in [4.69, 9.17) is 9.29 Å². The molecule has 0 aliphatic heterocycles. The number of hydrogen-bond acceptors (Lipinski definition) is 4. The summed E-state index contributed by atoms with van der Waals surface area (Å²) < 4.78 is 37.1. The Morgan fingerprint density at radius 3 is 1.81 bits per heavy atom. The zero-order valence-electron chi connectivity index (χ0n) is 18.0. The lowest BCUT2D eigenvalue weighted by molar-refractivity contribution is -0.940. The first-order chi connectivity index (χ1) is 12.6. The topological polar surface area (TPSA) is 83.8 Å². The zero-order valence-corrected chi connectivity index (χ0v) is 18.8. The Labute approximate surface area is 167 Å². The highest BCUT2D eigenvalue weighted by atomic mass is 32.2. The highest BCUT2D eigenvalue weighted by Gasteiger charge is 2.31. The number of aliphatic hydroxyl groups is 1. The fourth-order valence-electron chi connectivity index (χ4n) is 3.58. The molecular weight excluding hydrogens is 366 g/mol. The third-order valence-electron chi connectivity index (χ3n) is 5.02. The molecule has 0 bridgehead atoms. The van der Waals surface area contributed by atoms with Crippen LogP contribution >= 0.6 is 0 Å². The molecule has 0 radical (unpaired) electrons. The second-order valence-corrected chi connectivity index (χ2v) is 9.78. The molecule has 0 aliphatic carbocycles. The maximum absolute atomic E-state index is 10.9. The molecule has 0 rings (SSSR count). The summed E-state index contributed by atoms with van der Waals surface area (Å²) in [5.74, 6) is -0.635. The van der Waals surface area contributed by atoms with E-state index in [9.17, 15) is 13.5 Å². The standard InChI is InChI=1S/C20H43NO5S/c1-5-7-8-9-10-11-12-13-14-15-16-26-20(6-2)21(3,4)17-19(22)18-27(23,24)25/h19-20,22H,5-18H2,1-4H3/p+1. The van der Waals surface area contributed by atoms with Gasteiger partial charge in [0.25, 0.3) is 10.1 Å². The van der Waals surface area contributed by atoms with Crippen molar-refractivity contribution in [1.82, 2.24) is 0 Å². The lowest BCUT2D eigenvalue weighted by Crippen LogP contribution is -2.54. The van der Waals surface area contributed by atoms with Crippen LogP contribution in [0.15, 0.2) is 0 Å². The van der Waals surface area contributed by atoms with Gasteiger partial charge in [-0.15, -0.1) is 0 Å². The van der Waals surface area contributed by atoms with Crippen LogP contribution in [-0.4, -0.2) is 67.9 Å². The van der Waals surface area contributed by atoms with E-state index in [1.807, 2.05) is 21.0 Å². The minimum absolute atomic E-state index is 0.0976. The van der Waals surface area contributed by atoms with Crippen LogP contribution in [0.3, 0.4) is 0 Å². The van der Waals surface area contributed by atoms with Gasteiger partial charge in [0, 0.05) is 6.42 Å². The normalized spacial score (nSPS) is 15.0. The van der Waals surface area contributed by atoms with Crippen molar-refractivity contribution >= 4 is 10.1 Å². The van der Waals surface area contributed by atoms with Gasteiger partial charge in [0.15, 0.2) is 6.23 Å². The molecule has 2 atom stereocenters. The number of aliphatic hydroxyl groups excluding tert-OH is 1. The van der Waals surface area contributed by atoms with Crippen molar-refractivity contribution in [2.75, 3.05) is 33.0 Å². The minimum Gasteiger partial charge on any atom is -0.386 e. The number of likely N-dealkylation sites (N-methyl/N-ethyl adjacent to an activating group) is 1. The summed E-state index contributed by atoms with van der Waals surface area (Å²) in [6, 6.07) is 0. The summed E-state index contributed by atoms with van der Waals surface area (Å²) in [5.41, 5.74) is 0. The zero-order chi connectivity index (χ0) is 20.8. The summed E-state index contributed by atoms with van der Waals surface area (Å²) in [4.78, 5) is 0. The number of unbranched alkanes of at least 4 members (excludes halogenated alkanes) is 9. The Hall–Kier alpha value is -0.210. The Kier molecular flexibility index (Phi) is 14.6. The average Bonchev–Trinajstić information content (AvgIpc) is 2.53. The fourth-order valence-corrected chi connectivity index (χ4v) is 4.17. The van der Waals surface area contributed by atoms with E-state index in [0.717, 1.165) is 12.8 Å².